The van der Waals surface area contributed by atoms with Crippen molar-refractivity contribution >= 4 is 11.0 Å². The third kappa shape index (κ3) is 2.89. The lowest BCUT2D eigenvalue weighted by molar-refractivity contribution is 0.0533. The van der Waals surface area contributed by atoms with Crippen LogP contribution in [-0.4, -0.2) is 34.1 Å². The molecule has 2 saturated heterocycles. The molecular formula is C21H29N3O. The van der Waals surface area contributed by atoms with Gasteiger partial charge in [-0.1, -0.05) is 12.8 Å². The predicted octanol–water partition coefficient (Wildman–Crippen LogP) is 4.57. The first-order chi connectivity index (χ1) is 12.4. The Balaban J connectivity index is 1.49. The van der Waals surface area contributed by atoms with Crippen molar-refractivity contribution in [3.8, 4) is 0 Å². The van der Waals surface area contributed by atoms with E-state index >= 15 is 0 Å². The van der Waals surface area contributed by atoms with Crippen LogP contribution >= 0.6 is 0 Å². The summed E-state index contributed by atoms with van der Waals surface area (Å²) in [5, 5.41) is 1.30. The number of hydrogen-bond donors (Lipinski definition) is 1. The summed E-state index contributed by atoms with van der Waals surface area (Å²) in [5.74, 6) is 0.928. The molecule has 0 amide bonds. The van der Waals surface area contributed by atoms with Crippen LogP contribution in [0.3, 0.4) is 0 Å². The van der Waals surface area contributed by atoms with Crippen LogP contribution < -0.4 is 0 Å². The molecule has 0 aromatic carbocycles. The number of aromatic amines is 1. The molecule has 2 aromatic rings. The Morgan fingerprint density at radius 3 is 2.96 bits per heavy atom. The molecule has 5 rings (SSSR count). The molecule has 0 spiro atoms. The van der Waals surface area contributed by atoms with Crippen LogP contribution in [0.4, 0.5) is 0 Å². The molecular weight excluding hydrogens is 310 g/mol. The highest BCUT2D eigenvalue weighted by Gasteiger charge is 2.34. The molecule has 0 radical (unpaired) electrons. The minimum absolute atomic E-state index is 0.233. The highest BCUT2D eigenvalue weighted by molar-refractivity contribution is 5.81. The van der Waals surface area contributed by atoms with Crippen LogP contribution in [-0.2, 0) is 11.3 Å². The summed E-state index contributed by atoms with van der Waals surface area (Å²) in [6.45, 7) is 3.20. The van der Waals surface area contributed by atoms with Gasteiger partial charge in [0.1, 0.15) is 5.65 Å². The Bertz CT molecular complexity index is 732. The molecule has 4 heteroatoms. The number of piperidine rings is 1. The molecule has 3 aliphatic rings. The average molecular weight is 339 g/mol. The number of aromatic nitrogens is 2. The summed E-state index contributed by atoms with van der Waals surface area (Å²) in [7, 11) is 0. The quantitative estimate of drug-likeness (QED) is 0.890. The SMILES string of the molecule is c1cnc2[nH]c([C@@H]3CCCO3)c(CN3CCCC4CCCCC43)c2c1. The second kappa shape index (κ2) is 6.73. The average Bonchev–Trinajstić information content (AvgIpc) is 3.30. The van der Waals surface area contributed by atoms with Crippen LogP contribution in [0.5, 0.6) is 0 Å². The topological polar surface area (TPSA) is 41.1 Å². The van der Waals surface area contributed by atoms with Gasteiger partial charge in [0.25, 0.3) is 0 Å². The van der Waals surface area contributed by atoms with Crippen molar-refractivity contribution in [3.63, 3.8) is 0 Å². The molecule has 1 aliphatic carbocycles. The summed E-state index contributed by atoms with van der Waals surface area (Å²) in [6.07, 6.45) is 12.9. The fourth-order valence-corrected chi connectivity index (χ4v) is 5.47. The lowest BCUT2D eigenvalue weighted by Gasteiger charge is -2.44. The lowest BCUT2D eigenvalue weighted by atomic mass is 9.78. The second-order valence-corrected chi connectivity index (χ2v) is 8.14. The van der Waals surface area contributed by atoms with Crippen LogP contribution in [0.1, 0.15) is 68.7 Å². The monoisotopic (exact) mass is 339 g/mol. The van der Waals surface area contributed by atoms with Crippen molar-refractivity contribution in [2.24, 2.45) is 5.92 Å². The molecule has 25 heavy (non-hydrogen) atoms. The Morgan fingerprint density at radius 2 is 2.04 bits per heavy atom. The minimum Gasteiger partial charge on any atom is -0.372 e. The largest absolute Gasteiger partial charge is 0.372 e. The van der Waals surface area contributed by atoms with E-state index in [-0.39, 0.29) is 6.10 Å². The van der Waals surface area contributed by atoms with E-state index in [2.05, 4.69) is 27.0 Å². The van der Waals surface area contributed by atoms with Crippen molar-refractivity contribution in [2.45, 2.75) is 70.1 Å². The Hall–Kier alpha value is -1.39. The lowest BCUT2D eigenvalue weighted by Crippen LogP contribution is -2.46. The van der Waals surface area contributed by atoms with Crippen molar-refractivity contribution in [1.82, 2.24) is 14.9 Å². The first kappa shape index (κ1) is 15.8. The number of nitrogens with one attached hydrogen (secondary N) is 1. The Kier molecular flexibility index (Phi) is 4.26. The molecule has 1 saturated carbocycles. The number of fused-ring (bicyclic) bond motifs is 2. The van der Waals surface area contributed by atoms with Gasteiger partial charge in [0.15, 0.2) is 0 Å². The van der Waals surface area contributed by atoms with E-state index in [4.69, 9.17) is 4.74 Å². The van der Waals surface area contributed by atoms with Gasteiger partial charge >= 0.3 is 0 Å². The highest BCUT2D eigenvalue weighted by atomic mass is 16.5. The van der Waals surface area contributed by atoms with Crippen molar-refractivity contribution in [1.29, 1.82) is 0 Å². The predicted molar refractivity (Wildman–Crippen MR) is 99.4 cm³/mol. The van der Waals surface area contributed by atoms with Crippen molar-refractivity contribution in [3.05, 3.63) is 29.6 Å². The first-order valence-electron chi connectivity index (χ1n) is 10.2. The number of hydrogen-bond acceptors (Lipinski definition) is 3. The van der Waals surface area contributed by atoms with E-state index in [9.17, 15) is 0 Å². The van der Waals surface area contributed by atoms with E-state index < -0.39 is 0 Å². The van der Waals surface area contributed by atoms with Gasteiger partial charge in [0.2, 0.25) is 0 Å². The zero-order valence-electron chi connectivity index (χ0n) is 15.0. The summed E-state index contributed by atoms with van der Waals surface area (Å²) in [4.78, 5) is 11.0. The van der Waals surface area contributed by atoms with Gasteiger partial charge in [-0.3, -0.25) is 4.90 Å². The van der Waals surface area contributed by atoms with Gasteiger partial charge in [0, 0.05) is 30.8 Å². The van der Waals surface area contributed by atoms with Crippen LogP contribution in [0.25, 0.3) is 11.0 Å². The van der Waals surface area contributed by atoms with E-state index in [1.54, 1.807) is 0 Å². The van der Waals surface area contributed by atoms with Gasteiger partial charge in [0.05, 0.1) is 11.8 Å². The van der Waals surface area contributed by atoms with E-state index in [1.165, 1.54) is 68.1 Å². The molecule has 4 heterocycles. The van der Waals surface area contributed by atoms with E-state index in [0.29, 0.717) is 0 Å². The van der Waals surface area contributed by atoms with E-state index in [1.807, 2.05) is 6.20 Å². The standard InChI is InChI=1S/C21H29N3O/c1-2-9-18-15(6-1)7-4-12-24(18)14-17-16-8-3-11-22-21(16)23-20(17)19-10-5-13-25-19/h3,8,11,15,18-19H,1-2,4-7,9-10,12-14H2,(H,22,23)/t15?,18?,19-/m0/s1. The van der Waals surface area contributed by atoms with Gasteiger partial charge in [-0.25, -0.2) is 4.98 Å². The smallest absolute Gasteiger partial charge is 0.137 e. The Morgan fingerprint density at radius 1 is 1.12 bits per heavy atom. The maximum Gasteiger partial charge on any atom is 0.137 e. The fourth-order valence-electron chi connectivity index (χ4n) is 5.47. The summed E-state index contributed by atoms with van der Waals surface area (Å²) < 4.78 is 6.03. The minimum atomic E-state index is 0.233. The zero-order valence-corrected chi connectivity index (χ0v) is 15.0. The highest BCUT2D eigenvalue weighted by Crippen LogP contribution is 2.39. The van der Waals surface area contributed by atoms with Gasteiger partial charge in [-0.2, -0.15) is 0 Å². The van der Waals surface area contributed by atoms with Crippen LogP contribution in [0.2, 0.25) is 0 Å². The first-order valence-corrected chi connectivity index (χ1v) is 10.2. The molecule has 134 valence electrons. The number of rotatable bonds is 3. The molecule has 3 fully saturated rings. The zero-order chi connectivity index (χ0) is 16.6. The van der Waals surface area contributed by atoms with E-state index in [0.717, 1.165) is 37.2 Å². The summed E-state index contributed by atoms with van der Waals surface area (Å²) >= 11 is 0. The molecule has 2 unspecified atom stereocenters. The number of ether oxygens (including phenoxy) is 1. The third-order valence-corrected chi connectivity index (χ3v) is 6.68. The van der Waals surface area contributed by atoms with Gasteiger partial charge in [-0.05, 0) is 68.7 Å². The number of nitrogens with zero attached hydrogens (tertiary/aromatic N) is 2. The number of pyridine rings is 1. The van der Waals surface area contributed by atoms with Crippen molar-refractivity contribution < 1.29 is 4.74 Å². The maximum absolute atomic E-state index is 6.03. The maximum atomic E-state index is 6.03. The Labute approximate surface area is 150 Å². The number of H-pyrrole nitrogens is 1. The summed E-state index contributed by atoms with van der Waals surface area (Å²) in [6, 6.07) is 5.09. The second-order valence-electron chi connectivity index (χ2n) is 8.14. The van der Waals surface area contributed by atoms with Gasteiger partial charge < -0.3 is 9.72 Å². The van der Waals surface area contributed by atoms with Crippen molar-refractivity contribution in [2.75, 3.05) is 13.2 Å². The molecule has 1 N–H and O–H groups in total. The fraction of sp³-hybridized carbons (Fsp3) is 0.667. The third-order valence-electron chi connectivity index (χ3n) is 6.68. The molecule has 2 aromatic heterocycles. The molecule has 0 bridgehead atoms. The molecule has 2 aliphatic heterocycles. The van der Waals surface area contributed by atoms with Gasteiger partial charge in [-0.15, -0.1) is 0 Å². The molecule has 4 nitrogen and oxygen atoms in total. The van der Waals surface area contributed by atoms with Crippen LogP contribution in [0, 0.1) is 5.92 Å². The summed E-state index contributed by atoms with van der Waals surface area (Å²) in [5.41, 5.74) is 3.77. The normalized spacial score (nSPS) is 30.6. The van der Waals surface area contributed by atoms with Crippen LogP contribution in [0.15, 0.2) is 18.3 Å². The molecule has 3 atom stereocenters. The number of likely N-dealkylation sites (tertiary alicyclic amines) is 1.